The van der Waals surface area contributed by atoms with Gasteiger partial charge in [-0.15, -0.1) is 0 Å². The molecule has 0 radical (unpaired) electrons. The van der Waals surface area contributed by atoms with Crippen molar-refractivity contribution in [2.24, 2.45) is 5.73 Å². The summed E-state index contributed by atoms with van der Waals surface area (Å²) < 4.78 is 2.05. The number of hydrogen-bond donors (Lipinski definition) is 1. The monoisotopic (exact) mass is 271 g/mol. The maximum Gasteiger partial charge on any atom is 0.0954 e. The molecule has 1 aromatic carbocycles. The molecule has 0 fully saturated rings. The lowest BCUT2D eigenvalue weighted by Crippen LogP contribution is -2.12. The van der Waals surface area contributed by atoms with Crippen LogP contribution in [0.15, 0.2) is 24.7 Å². The van der Waals surface area contributed by atoms with E-state index in [1.165, 1.54) is 22.3 Å². The zero-order valence-corrected chi connectivity index (χ0v) is 13.2. The van der Waals surface area contributed by atoms with Gasteiger partial charge < -0.3 is 10.3 Å². The molecule has 0 amide bonds. The Morgan fingerprint density at radius 1 is 1.15 bits per heavy atom. The van der Waals surface area contributed by atoms with E-state index in [-0.39, 0.29) is 5.41 Å². The van der Waals surface area contributed by atoms with E-state index in [9.17, 15) is 0 Å². The third-order valence-corrected chi connectivity index (χ3v) is 3.68. The van der Waals surface area contributed by atoms with Crippen LogP contribution in [0.2, 0.25) is 0 Å². The molecule has 0 aliphatic carbocycles. The van der Waals surface area contributed by atoms with Gasteiger partial charge in [0, 0.05) is 24.8 Å². The van der Waals surface area contributed by atoms with E-state index in [0.29, 0.717) is 6.54 Å². The molecule has 0 saturated carbocycles. The summed E-state index contributed by atoms with van der Waals surface area (Å²) in [5.41, 5.74) is 12.0. The summed E-state index contributed by atoms with van der Waals surface area (Å²) in [5, 5.41) is 0. The van der Waals surface area contributed by atoms with Crippen LogP contribution in [0.4, 0.5) is 0 Å². The molecular formula is C17H25N3. The van der Waals surface area contributed by atoms with Gasteiger partial charge in [-0.25, -0.2) is 4.98 Å². The lowest BCUT2D eigenvalue weighted by Gasteiger charge is -2.22. The number of hydrogen-bond acceptors (Lipinski definition) is 2. The van der Waals surface area contributed by atoms with Crippen molar-refractivity contribution >= 4 is 0 Å². The van der Waals surface area contributed by atoms with Gasteiger partial charge in [-0.05, 0) is 36.0 Å². The van der Waals surface area contributed by atoms with Gasteiger partial charge in [0.1, 0.15) is 0 Å². The normalized spacial score (nSPS) is 11.9. The first-order chi connectivity index (χ1) is 9.32. The Hall–Kier alpha value is -1.61. The third kappa shape index (κ3) is 2.93. The first-order valence-electron chi connectivity index (χ1n) is 7.17. The Kier molecular flexibility index (Phi) is 4.00. The molecule has 2 aromatic rings. The highest BCUT2D eigenvalue weighted by Gasteiger charge is 2.17. The molecule has 2 rings (SSSR count). The maximum atomic E-state index is 5.59. The van der Waals surface area contributed by atoms with Gasteiger partial charge in [0.25, 0.3) is 0 Å². The Bertz CT molecular complexity index is 580. The van der Waals surface area contributed by atoms with Crippen LogP contribution in [-0.4, -0.2) is 16.1 Å². The summed E-state index contributed by atoms with van der Waals surface area (Å²) in [7, 11) is 0. The molecule has 0 saturated heterocycles. The Balaban J connectivity index is 2.46. The zero-order valence-electron chi connectivity index (χ0n) is 13.2. The Morgan fingerprint density at radius 3 is 2.25 bits per heavy atom. The minimum Gasteiger partial charge on any atom is -0.336 e. The van der Waals surface area contributed by atoms with Crippen molar-refractivity contribution in [3.8, 4) is 11.3 Å². The van der Waals surface area contributed by atoms with Crippen LogP contribution in [-0.2, 0) is 12.0 Å². The fourth-order valence-electron chi connectivity index (χ4n) is 2.56. The molecule has 0 aliphatic heterocycles. The molecule has 1 heterocycles. The number of imidazole rings is 1. The maximum absolute atomic E-state index is 5.59. The highest BCUT2D eigenvalue weighted by atomic mass is 15.0. The standard InChI is InChI=1S/C17H25N3/c1-12-8-14(17(3,4)5)9-13(2)16(12)15-10-20(7-6-18)11-19-15/h8-11H,6-7,18H2,1-5H3. The second-order valence-corrected chi connectivity index (χ2v) is 6.52. The minimum absolute atomic E-state index is 0.174. The van der Waals surface area contributed by atoms with Crippen LogP contribution in [0.3, 0.4) is 0 Å². The molecule has 0 atom stereocenters. The third-order valence-electron chi connectivity index (χ3n) is 3.68. The van der Waals surface area contributed by atoms with Gasteiger partial charge in [0.05, 0.1) is 12.0 Å². The Labute approximate surface area is 121 Å². The largest absolute Gasteiger partial charge is 0.336 e. The Morgan fingerprint density at radius 2 is 1.75 bits per heavy atom. The lowest BCUT2D eigenvalue weighted by atomic mass is 9.83. The van der Waals surface area contributed by atoms with Crippen molar-refractivity contribution < 1.29 is 0 Å². The lowest BCUT2D eigenvalue weighted by molar-refractivity contribution is 0.589. The van der Waals surface area contributed by atoms with E-state index < -0.39 is 0 Å². The summed E-state index contributed by atoms with van der Waals surface area (Å²) in [5.74, 6) is 0. The number of nitrogens with zero attached hydrogens (tertiary/aromatic N) is 2. The summed E-state index contributed by atoms with van der Waals surface area (Å²) in [4.78, 5) is 4.53. The van der Waals surface area contributed by atoms with Gasteiger partial charge in [0.2, 0.25) is 0 Å². The SMILES string of the molecule is Cc1cc(C(C)(C)C)cc(C)c1-c1cn(CCN)cn1. The predicted molar refractivity (Wildman–Crippen MR) is 84.9 cm³/mol. The zero-order chi connectivity index (χ0) is 14.9. The highest BCUT2D eigenvalue weighted by molar-refractivity contribution is 5.68. The van der Waals surface area contributed by atoms with Gasteiger partial charge in [-0.1, -0.05) is 32.9 Å². The van der Waals surface area contributed by atoms with Crippen molar-refractivity contribution in [3.05, 3.63) is 41.3 Å². The fraction of sp³-hybridized carbons (Fsp3) is 0.471. The number of aromatic nitrogens is 2. The summed E-state index contributed by atoms with van der Waals surface area (Å²) in [6, 6.07) is 4.56. The molecule has 0 unspecified atom stereocenters. The van der Waals surface area contributed by atoms with Crippen LogP contribution in [0.1, 0.15) is 37.5 Å². The molecule has 2 N–H and O–H groups in total. The van der Waals surface area contributed by atoms with Crippen molar-refractivity contribution in [1.82, 2.24) is 9.55 Å². The average Bonchev–Trinajstić information content (AvgIpc) is 2.76. The summed E-state index contributed by atoms with van der Waals surface area (Å²) >= 11 is 0. The predicted octanol–water partition coefficient (Wildman–Crippen LogP) is 3.42. The number of aryl methyl sites for hydroxylation is 2. The van der Waals surface area contributed by atoms with Crippen LogP contribution in [0, 0.1) is 13.8 Å². The van der Waals surface area contributed by atoms with Gasteiger partial charge in [-0.2, -0.15) is 0 Å². The van der Waals surface area contributed by atoms with Crippen molar-refractivity contribution in [1.29, 1.82) is 0 Å². The molecular weight excluding hydrogens is 246 g/mol. The molecule has 108 valence electrons. The smallest absolute Gasteiger partial charge is 0.0954 e. The minimum atomic E-state index is 0.174. The molecule has 0 bridgehead atoms. The van der Waals surface area contributed by atoms with Crippen LogP contribution in [0.25, 0.3) is 11.3 Å². The van der Waals surface area contributed by atoms with E-state index in [1.54, 1.807) is 0 Å². The number of benzene rings is 1. The molecule has 0 aliphatic rings. The van der Waals surface area contributed by atoms with E-state index in [0.717, 1.165) is 12.2 Å². The molecule has 3 nitrogen and oxygen atoms in total. The molecule has 0 spiro atoms. The van der Waals surface area contributed by atoms with Crippen LogP contribution in [0.5, 0.6) is 0 Å². The van der Waals surface area contributed by atoms with Crippen LogP contribution < -0.4 is 5.73 Å². The summed E-state index contributed by atoms with van der Waals surface area (Å²) in [6.07, 6.45) is 3.94. The van der Waals surface area contributed by atoms with E-state index in [1.807, 2.05) is 10.9 Å². The highest BCUT2D eigenvalue weighted by Crippen LogP contribution is 2.31. The first-order valence-corrected chi connectivity index (χ1v) is 7.17. The first kappa shape index (κ1) is 14.8. The van der Waals surface area contributed by atoms with E-state index in [2.05, 4.69) is 57.9 Å². The second-order valence-electron chi connectivity index (χ2n) is 6.52. The average molecular weight is 271 g/mol. The number of nitrogens with two attached hydrogens (primary N) is 1. The van der Waals surface area contributed by atoms with E-state index >= 15 is 0 Å². The number of rotatable bonds is 3. The summed E-state index contributed by atoms with van der Waals surface area (Å²) in [6.45, 7) is 12.5. The topological polar surface area (TPSA) is 43.8 Å². The van der Waals surface area contributed by atoms with Crippen LogP contribution >= 0.6 is 0 Å². The van der Waals surface area contributed by atoms with Crippen molar-refractivity contribution in [2.75, 3.05) is 6.54 Å². The second kappa shape index (κ2) is 5.41. The molecule has 20 heavy (non-hydrogen) atoms. The van der Waals surface area contributed by atoms with Crippen molar-refractivity contribution in [3.63, 3.8) is 0 Å². The quantitative estimate of drug-likeness (QED) is 0.929. The van der Waals surface area contributed by atoms with Crippen molar-refractivity contribution in [2.45, 2.75) is 46.6 Å². The fourth-order valence-corrected chi connectivity index (χ4v) is 2.56. The van der Waals surface area contributed by atoms with Gasteiger partial charge >= 0.3 is 0 Å². The van der Waals surface area contributed by atoms with Gasteiger partial charge in [-0.3, -0.25) is 0 Å². The van der Waals surface area contributed by atoms with E-state index in [4.69, 9.17) is 5.73 Å². The molecule has 1 aromatic heterocycles. The molecule has 3 heteroatoms. The van der Waals surface area contributed by atoms with Gasteiger partial charge in [0.15, 0.2) is 0 Å².